The van der Waals surface area contributed by atoms with Crippen molar-refractivity contribution < 1.29 is 9.53 Å². The van der Waals surface area contributed by atoms with E-state index in [1.165, 1.54) is 11.3 Å². The van der Waals surface area contributed by atoms with Crippen molar-refractivity contribution >= 4 is 27.9 Å². The van der Waals surface area contributed by atoms with Crippen molar-refractivity contribution in [2.75, 3.05) is 24.2 Å². The summed E-state index contributed by atoms with van der Waals surface area (Å²) in [7, 11) is 0. The molecule has 4 N–H and O–H groups in total. The summed E-state index contributed by atoms with van der Waals surface area (Å²) in [5.41, 5.74) is 6.59. The number of nitrogens with two attached hydrogens (primary N) is 1. The minimum atomic E-state index is -0.179. The zero-order valence-corrected chi connectivity index (χ0v) is 12.5. The smallest absolute Gasteiger partial charge is 0.263 e. The van der Waals surface area contributed by atoms with E-state index in [2.05, 4.69) is 16.7 Å². The molecule has 7 heteroatoms. The van der Waals surface area contributed by atoms with Crippen molar-refractivity contribution in [3.63, 3.8) is 0 Å². The van der Waals surface area contributed by atoms with Crippen LogP contribution in [-0.4, -0.2) is 31.2 Å². The quantitative estimate of drug-likeness (QED) is 0.768. The number of hydrogen-bond acceptors (Lipinski definition) is 6. The van der Waals surface area contributed by atoms with Crippen LogP contribution in [0, 0.1) is 11.3 Å². The first kappa shape index (κ1) is 14.2. The first-order chi connectivity index (χ1) is 10.2. The lowest BCUT2D eigenvalue weighted by atomic mass is 10.2. The van der Waals surface area contributed by atoms with Crippen LogP contribution < -0.4 is 16.4 Å². The third-order valence-corrected chi connectivity index (χ3v) is 4.85. The van der Waals surface area contributed by atoms with Gasteiger partial charge >= 0.3 is 0 Å². The number of nitrogens with one attached hydrogen (secondary N) is 2. The van der Waals surface area contributed by atoms with Crippen LogP contribution in [0.25, 0.3) is 0 Å². The van der Waals surface area contributed by atoms with Gasteiger partial charge in [0.15, 0.2) is 0 Å². The van der Waals surface area contributed by atoms with Crippen LogP contribution in [0.1, 0.15) is 40.9 Å². The van der Waals surface area contributed by atoms with Crippen molar-refractivity contribution in [1.82, 2.24) is 5.32 Å². The molecule has 2 heterocycles. The number of rotatable bonds is 5. The molecule has 0 radical (unpaired) electrons. The first-order valence-electron chi connectivity index (χ1n) is 7.17. The van der Waals surface area contributed by atoms with Gasteiger partial charge in [-0.3, -0.25) is 4.79 Å². The predicted molar refractivity (Wildman–Crippen MR) is 81.4 cm³/mol. The molecule has 1 aliphatic carbocycles. The Morgan fingerprint density at radius 3 is 2.90 bits per heavy atom. The number of carbonyl (C=O) groups is 1. The molecule has 2 fully saturated rings. The summed E-state index contributed by atoms with van der Waals surface area (Å²) in [6.45, 7) is 1.43. The lowest BCUT2D eigenvalue weighted by molar-refractivity contribution is 0.0956. The fourth-order valence-electron chi connectivity index (χ4n) is 2.34. The van der Waals surface area contributed by atoms with E-state index in [-0.39, 0.29) is 23.7 Å². The molecule has 112 valence electrons. The zero-order chi connectivity index (χ0) is 14.8. The highest BCUT2D eigenvalue weighted by Gasteiger charge is 2.28. The number of ether oxygens (including phenoxy) is 1. The Labute approximate surface area is 127 Å². The molecule has 2 aliphatic rings. The maximum absolute atomic E-state index is 12.1. The van der Waals surface area contributed by atoms with Crippen LogP contribution in [0.5, 0.6) is 0 Å². The van der Waals surface area contributed by atoms with Gasteiger partial charge in [0.05, 0.1) is 11.8 Å². The lowest BCUT2D eigenvalue weighted by Crippen LogP contribution is -2.25. The van der Waals surface area contributed by atoms with Crippen molar-refractivity contribution in [3.05, 3.63) is 10.4 Å². The molecule has 1 unspecified atom stereocenters. The molecule has 1 aliphatic heterocycles. The Hall–Kier alpha value is -1.78. The molecule has 1 saturated carbocycles. The minimum absolute atomic E-state index is 0.170. The lowest BCUT2D eigenvalue weighted by Gasteiger charge is -2.10. The molecule has 0 spiro atoms. The van der Waals surface area contributed by atoms with E-state index in [1.807, 2.05) is 0 Å². The second-order valence-electron chi connectivity index (χ2n) is 5.42. The highest BCUT2D eigenvalue weighted by atomic mass is 32.1. The van der Waals surface area contributed by atoms with Gasteiger partial charge in [0, 0.05) is 19.2 Å². The molecule has 1 amide bonds. The zero-order valence-electron chi connectivity index (χ0n) is 11.6. The number of thiophene rings is 1. The van der Waals surface area contributed by atoms with Crippen LogP contribution in [0.2, 0.25) is 0 Å². The van der Waals surface area contributed by atoms with Crippen LogP contribution in [0.15, 0.2) is 0 Å². The highest BCUT2D eigenvalue weighted by Crippen LogP contribution is 2.36. The van der Waals surface area contributed by atoms with Crippen molar-refractivity contribution in [2.24, 2.45) is 0 Å². The van der Waals surface area contributed by atoms with E-state index in [9.17, 15) is 10.1 Å². The van der Waals surface area contributed by atoms with E-state index >= 15 is 0 Å². The van der Waals surface area contributed by atoms with Gasteiger partial charge in [-0.25, -0.2) is 0 Å². The highest BCUT2D eigenvalue weighted by molar-refractivity contribution is 7.18. The summed E-state index contributed by atoms with van der Waals surface area (Å²) in [4.78, 5) is 12.5. The second kappa shape index (κ2) is 5.92. The number of hydrogen-bond donors (Lipinski definition) is 3. The van der Waals surface area contributed by atoms with Crippen LogP contribution in [0.4, 0.5) is 10.7 Å². The summed E-state index contributed by atoms with van der Waals surface area (Å²) >= 11 is 1.25. The Balaban J connectivity index is 1.72. The standard InChI is InChI=1S/C14H18N4O2S/c15-6-10-11(16)12(13(19)18-8-3-4-8)21-14(10)17-7-9-2-1-5-20-9/h8-9,17H,1-5,7,16H2,(H,18,19). The molecule has 1 aromatic rings. The molecule has 1 atom stereocenters. The van der Waals surface area contributed by atoms with Crippen LogP contribution in [-0.2, 0) is 4.74 Å². The van der Waals surface area contributed by atoms with Crippen molar-refractivity contribution in [2.45, 2.75) is 37.8 Å². The Morgan fingerprint density at radius 1 is 1.48 bits per heavy atom. The largest absolute Gasteiger partial charge is 0.396 e. The van der Waals surface area contributed by atoms with E-state index in [0.717, 1.165) is 32.3 Å². The van der Waals surface area contributed by atoms with Gasteiger partial charge < -0.3 is 21.1 Å². The van der Waals surface area contributed by atoms with Crippen LogP contribution >= 0.6 is 11.3 Å². The van der Waals surface area contributed by atoms with Gasteiger partial charge in [-0.15, -0.1) is 11.3 Å². The van der Waals surface area contributed by atoms with Crippen molar-refractivity contribution in [1.29, 1.82) is 5.26 Å². The Bertz CT molecular complexity index is 583. The molecule has 0 bridgehead atoms. The number of carbonyl (C=O) groups excluding carboxylic acids is 1. The van der Waals surface area contributed by atoms with Gasteiger partial charge in [-0.2, -0.15) is 5.26 Å². The number of nitriles is 1. The predicted octanol–water partition coefficient (Wildman–Crippen LogP) is 1.69. The monoisotopic (exact) mass is 306 g/mol. The summed E-state index contributed by atoms with van der Waals surface area (Å²) < 4.78 is 5.54. The van der Waals surface area contributed by atoms with Crippen molar-refractivity contribution in [3.8, 4) is 6.07 Å². The summed E-state index contributed by atoms with van der Waals surface area (Å²) in [6, 6.07) is 2.36. The fraction of sp³-hybridized carbons (Fsp3) is 0.571. The molecule has 6 nitrogen and oxygen atoms in total. The van der Waals surface area contributed by atoms with Gasteiger partial charge in [0.1, 0.15) is 21.5 Å². The topological polar surface area (TPSA) is 100 Å². The Morgan fingerprint density at radius 2 is 2.29 bits per heavy atom. The molecular weight excluding hydrogens is 288 g/mol. The van der Waals surface area contributed by atoms with Gasteiger partial charge in [-0.1, -0.05) is 0 Å². The maximum Gasteiger partial charge on any atom is 0.263 e. The minimum Gasteiger partial charge on any atom is -0.396 e. The number of nitrogens with zero attached hydrogens (tertiary/aromatic N) is 1. The number of amides is 1. The van der Waals surface area contributed by atoms with E-state index in [1.54, 1.807) is 0 Å². The van der Waals surface area contributed by atoms with Gasteiger partial charge in [0.2, 0.25) is 0 Å². The molecular formula is C14H18N4O2S. The summed E-state index contributed by atoms with van der Waals surface area (Å²) in [6.07, 6.45) is 4.30. The van der Waals surface area contributed by atoms with E-state index in [0.29, 0.717) is 22.0 Å². The summed E-state index contributed by atoms with van der Waals surface area (Å²) in [5.74, 6) is -0.179. The van der Waals surface area contributed by atoms with E-state index in [4.69, 9.17) is 10.5 Å². The first-order valence-corrected chi connectivity index (χ1v) is 7.99. The molecule has 1 aromatic heterocycles. The Kier molecular flexibility index (Phi) is 3.99. The average Bonchev–Trinajstić information content (AvgIpc) is 3.02. The molecule has 0 aromatic carbocycles. The summed E-state index contributed by atoms with van der Waals surface area (Å²) in [5, 5.41) is 16.0. The molecule has 1 saturated heterocycles. The second-order valence-corrected chi connectivity index (χ2v) is 6.45. The molecule has 21 heavy (non-hydrogen) atoms. The third kappa shape index (κ3) is 3.12. The molecule has 3 rings (SSSR count). The number of anilines is 2. The van der Waals surface area contributed by atoms with Crippen LogP contribution in [0.3, 0.4) is 0 Å². The number of nitrogen functional groups attached to an aromatic ring is 1. The fourth-order valence-corrected chi connectivity index (χ4v) is 3.32. The van der Waals surface area contributed by atoms with Gasteiger partial charge in [-0.05, 0) is 25.7 Å². The normalized spacial score (nSPS) is 21.0. The van der Waals surface area contributed by atoms with Gasteiger partial charge in [0.25, 0.3) is 5.91 Å². The third-order valence-electron chi connectivity index (χ3n) is 3.69. The van der Waals surface area contributed by atoms with E-state index < -0.39 is 0 Å². The maximum atomic E-state index is 12.1. The average molecular weight is 306 g/mol. The SMILES string of the molecule is N#Cc1c(NCC2CCCO2)sc(C(=O)NC2CC2)c1N.